The Morgan fingerprint density at radius 2 is 1.94 bits per heavy atom. The maximum Gasteiger partial charge on any atom is 0.123 e. The Labute approximate surface area is 109 Å². The molecule has 0 atom stereocenters. The lowest BCUT2D eigenvalue weighted by molar-refractivity contribution is 0.442. The second-order valence-electron chi connectivity index (χ2n) is 4.48. The Morgan fingerprint density at radius 3 is 2.47 bits per heavy atom. The SMILES string of the molecule is CNC1CCN(c2ccc(F)cc2C)CC1.Cl. The Hall–Kier alpha value is -0.800. The molecule has 1 N–H and O–H groups in total. The summed E-state index contributed by atoms with van der Waals surface area (Å²) in [5.74, 6) is -0.147. The topological polar surface area (TPSA) is 15.3 Å². The van der Waals surface area contributed by atoms with E-state index in [0.29, 0.717) is 6.04 Å². The van der Waals surface area contributed by atoms with E-state index in [4.69, 9.17) is 0 Å². The number of aryl methyl sites for hydroxylation is 1. The molecule has 1 heterocycles. The van der Waals surface area contributed by atoms with Gasteiger partial charge in [-0.05, 0) is 50.6 Å². The number of benzene rings is 1. The summed E-state index contributed by atoms with van der Waals surface area (Å²) in [6.07, 6.45) is 2.32. The molecule has 1 aromatic carbocycles. The summed E-state index contributed by atoms with van der Waals surface area (Å²) >= 11 is 0. The second-order valence-corrected chi connectivity index (χ2v) is 4.48. The summed E-state index contributed by atoms with van der Waals surface area (Å²) in [4.78, 5) is 2.35. The van der Waals surface area contributed by atoms with Crippen molar-refractivity contribution >= 4 is 18.1 Å². The minimum atomic E-state index is -0.147. The maximum absolute atomic E-state index is 13.0. The van der Waals surface area contributed by atoms with Gasteiger partial charge in [0.05, 0.1) is 0 Å². The number of anilines is 1. The molecule has 17 heavy (non-hydrogen) atoms. The number of hydrogen-bond donors (Lipinski definition) is 1. The molecule has 0 spiro atoms. The van der Waals surface area contributed by atoms with Crippen molar-refractivity contribution in [2.24, 2.45) is 0 Å². The molecule has 2 rings (SSSR count). The Balaban J connectivity index is 0.00000144. The van der Waals surface area contributed by atoms with Gasteiger partial charge in [-0.25, -0.2) is 4.39 Å². The Morgan fingerprint density at radius 1 is 1.29 bits per heavy atom. The fourth-order valence-corrected chi connectivity index (χ4v) is 2.38. The zero-order chi connectivity index (χ0) is 11.5. The first kappa shape index (κ1) is 14.3. The van der Waals surface area contributed by atoms with E-state index in [-0.39, 0.29) is 18.2 Å². The fourth-order valence-electron chi connectivity index (χ4n) is 2.38. The second kappa shape index (κ2) is 6.22. The zero-order valence-electron chi connectivity index (χ0n) is 10.4. The van der Waals surface area contributed by atoms with Gasteiger partial charge in [-0.3, -0.25) is 0 Å². The molecule has 1 aliphatic heterocycles. The Bertz CT molecular complexity index is 362. The molecule has 2 nitrogen and oxygen atoms in total. The summed E-state index contributed by atoms with van der Waals surface area (Å²) in [5.41, 5.74) is 2.21. The average Bonchev–Trinajstić information content (AvgIpc) is 2.29. The molecule has 0 unspecified atom stereocenters. The molecule has 0 bridgehead atoms. The minimum absolute atomic E-state index is 0. The lowest BCUT2D eigenvalue weighted by atomic mass is 10.0. The summed E-state index contributed by atoms with van der Waals surface area (Å²) in [6, 6.07) is 5.69. The van der Waals surface area contributed by atoms with Crippen molar-refractivity contribution < 1.29 is 4.39 Å². The zero-order valence-corrected chi connectivity index (χ0v) is 11.2. The molecule has 0 aromatic heterocycles. The normalized spacial score (nSPS) is 16.8. The van der Waals surface area contributed by atoms with Crippen molar-refractivity contribution in [3.8, 4) is 0 Å². The molecule has 4 heteroatoms. The smallest absolute Gasteiger partial charge is 0.123 e. The van der Waals surface area contributed by atoms with Crippen LogP contribution in [-0.4, -0.2) is 26.2 Å². The van der Waals surface area contributed by atoms with Gasteiger partial charge in [0.15, 0.2) is 0 Å². The van der Waals surface area contributed by atoms with Crippen LogP contribution in [0.15, 0.2) is 18.2 Å². The predicted octanol–water partition coefficient (Wildman–Crippen LogP) is 2.74. The number of nitrogens with zero attached hydrogens (tertiary/aromatic N) is 1. The number of nitrogens with one attached hydrogen (secondary N) is 1. The highest BCUT2D eigenvalue weighted by Crippen LogP contribution is 2.24. The van der Waals surface area contributed by atoms with Crippen molar-refractivity contribution in [3.05, 3.63) is 29.6 Å². The van der Waals surface area contributed by atoms with Gasteiger partial charge >= 0.3 is 0 Å². The van der Waals surface area contributed by atoms with E-state index in [0.717, 1.165) is 31.5 Å². The van der Waals surface area contributed by atoms with Gasteiger partial charge in [-0.1, -0.05) is 0 Å². The van der Waals surface area contributed by atoms with E-state index >= 15 is 0 Å². The third-order valence-electron chi connectivity index (χ3n) is 3.40. The van der Waals surface area contributed by atoms with E-state index in [1.165, 1.54) is 5.69 Å². The van der Waals surface area contributed by atoms with Crippen molar-refractivity contribution in [1.82, 2.24) is 5.32 Å². The van der Waals surface area contributed by atoms with Crippen LogP contribution in [0.3, 0.4) is 0 Å². The molecule has 1 saturated heterocycles. The van der Waals surface area contributed by atoms with Crippen LogP contribution in [0.1, 0.15) is 18.4 Å². The van der Waals surface area contributed by atoms with Crippen molar-refractivity contribution in [2.75, 3.05) is 25.0 Å². The van der Waals surface area contributed by atoms with E-state index in [1.54, 1.807) is 12.1 Å². The van der Waals surface area contributed by atoms with Crippen molar-refractivity contribution in [1.29, 1.82) is 0 Å². The first-order chi connectivity index (χ1) is 7.70. The molecule has 1 aromatic rings. The number of piperidine rings is 1. The summed E-state index contributed by atoms with van der Waals surface area (Å²) < 4.78 is 13.0. The van der Waals surface area contributed by atoms with Crippen LogP contribution in [-0.2, 0) is 0 Å². The number of halogens is 2. The van der Waals surface area contributed by atoms with Crippen LogP contribution in [0.4, 0.5) is 10.1 Å². The number of hydrogen-bond acceptors (Lipinski definition) is 2. The highest BCUT2D eigenvalue weighted by molar-refractivity contribution is 5.85. The third kappa shape index (κ3) is 3.33. The van der Waals surface area contributed by atoms with Crippen molar-refractivity contribution in [2.45, 2.75) is 25.8 Å². The Kier molecular flexibility index (Phi) is 5.22. The molecular weight excluding hydrogens is 239 g/mol. The number of rotatable bonds is 2. The van der Waals surface area contributed by atoms with Gasteiger partial charge in [0.1, 0.15) is 5.82 Å². The van der Waals surface area contributed by atoms with Gasteiger partial charge in [-0.2, -0.15) is 0 Å². The van der Waals surface area contributed by atoms with E-state index in [9.17, 15) is 4.39 Å². The largest absolute Gasteiger partial charge is 0.371 e. The maximum atomic E-state index is 13.0. The van der Waals surface area contributed by atoms with Gasteiger partial charge < -0.3 is 10.2 Å². The quantitative estimate of drug-likeness (QED) is 0.878. The van der Waals surface area contributed by atoms with Crippen LogP contribution in [0.2, 0.25) is 0 Å². The monoisotopic (exact) mass is 258 g/mol. The molecule has 1 fully saturated rings. The highest BCUT2D eigenvalue weighted by Gasteiger charge is 2.18. The first-order valence-corrected chi connectivity index (χ1v) is 5.89. The van der Waals surface area contributed by atoms with E-state index in [1.807, 2.05) is 20.0 Å². The molecule has 1 aliphatic rings. The van der Waals surface area contributed by atoms with Gasteiger partial charge in [-0.15, -0.1) is 12.4 Å². The van der Waals surface area contributed by atoms with Crippen LogP contribution in [0.25, 0.3) is 0 Å². The van der Waals surface area contributed by atoms with E-state index in [2.05, 4.69) is 10.2 Å². The van der Waals surface area contributed by atoms with Crippen LogP contribution >= 0.6 is 12.4 Å². The highest BCUT2D eigenvalue weighted by atomic mass is 35.5. The molecule has 0 saturated carbocycles. The fraction of sp³-hybridized carbons (Fsp3) is 0.538. The molecular formula is C13H20ClFN2. The van der Waals surface area contributed by atoms with Crippen LogP contribution in [0.5, 0.6) is 0 Å². The van der Waals surface area contributed by atoms with Gasteiger partial charge in [0, 0.05) is 24.8 Å². The molecule has 0 radical (unpaired) electrons. The van der Waals surface area contributed by atoms with Gasteiger partial charge in [0.2, 0.25) is 0 Å². The molecule has 0 amide bonds. The molecule has 0 aliphatic carbocycles. The van der Waals surface area contributed by atoms with Crippen molar-refractivity contribution in [3.63, 3.8) is 0 Å². The van der Waals surface area contributed by atoms with E-state index < -0.39 is 0 Å². The average molecular weight is 259 g/mol. The standard InChI is InChI=1S/C13H19FN2.ClH/c1-10-9-11(14)3-4-13(10)16-7-5-12(15-2)6-8-16;/h3-4,9,12,15H,5-8H2,1-2H3;1H. The summed E-state index contributed by atoms with van der Waals surface area (Å²) in [6.45, 7) is 4.08. The van der Waals surface area contributed by atoms with Crippen LogP contribution < -0.4 is 10.2 Å². The lowest BCUT2D eigenvalue weighted by Gasteiger charge is -2.34. The summed E-state index contributed by atoms with van der Waals surface area (Å²) in [7, 11) is 2.02. The van der Waals surface area contributed by atoms with Gasteiger partial charge in [0.25, 0.3) is 0 Å². The van der Waals surface area contributed by atoms with Crippen LogP contribution in [0, 0.1) is 12.7 Å². The predicted molar refractivity (Wildman–Crippen MR) is 72.7 cm³/mol. The first-order valence-electron chi connectivity index (χ1n) is 5.89. The summed E-state index contributed by atoms with van der Waals surface area (Å²) in [5, 5.41) is 3.31. The third-order valence-corrected chi connectivity index (χ3v) is 3.40. The minimum Gasteiger partial charge on any atom is -0.371 e. The molecule has 96 valence electrons. The lowest BCUT2D eigenvalue weighted by Crippen LogP contribution is -2.41.